The van der Waals surface area contributed by atoms with E-state index in [0.29, 0.717) is 5.82 Å². The van der Waals surface area contributed by atoms with E-state index in [2.05, 4.69) is 47.8 Å². The van der Waals surface area contributed by atoms with Gasteiger partial charge in [-0.25, -0.2) is 0 Å². The van der Waals surface area contributed by atoms with Gasteiger partial charge in [0, 0.05) is 12.1 Å². The van der Waals surface area contributed by atoms with Gasteiger partial charge >= 0.3 is 0 Å². The molecule has 1 aromatic carbocycles. The Hall–Kier alpha value is -1.55. The largest absolute Gasteiger partial charge is 0.383 e. The molecule has 1 aromatic heterocycles. The normalized spacial score (nSPS) is 12.4. The predicted molar refractivity (Wildman–Crippen MR) is 69.7 cm³/mol. The highest BCUT2D eigenvalue weighted by Crippen LogP contribution is 2.25. The molecule has 1 atom stereocenters. The Morgan fingerprint density at radius 1 is 1.38 bits per heavy atom. The van der Waals surface area contributed by atoms with E-state index >= 15 is 0 Å². The molecule has 0 saturated carbocycles. The molecule has 1 heterocycles. The number of nitrogens with two attached hydrogens (primary N) is 1. The number of anilines is 2. The van der Waals surface area contributed by atoms with Crippen molar-refractivity contribution in [2.75, 3.05) is 11.1 Å². The number of aryl methyl sites for hydroxylation is 1. The first-order valence-corrected chi connectivity index (χ1v) is 5.98. The summed E-state index contributed by atoms with van der Waals surface area (Å²) in [6, 6.07) is 10.5. The maximum Gasteiger partial charge on any atom is 0.139 e. The van der Waals surface area contributed by atoms with Crippen molar-refractivity contribution in [2.24, 2.45) is 0 Å². The molecule has 0 saturated heterocycles. The van der Waals surface area contributed by atoms with E-state index in [1.54, 1.807) is 0 Å². The van der Waals surface area contributed by atoms with Gasteiger partial charge in [0.15, 0.2) is 0 Å². The molecule has 1 unspecified atom stereocenters. The lowest BCUT2D eigenvalue weighted by molar-refractivity contribution is 0.879. The van der Waals surface area contributed by atoms with E-state index in [0.717, 1.165) is 5.00 Å². The van der Waals surface area contributed by atoms with Crippen molar-refractivity contribution in [1.29, 1.82) is 0 Å². The van der Waals surface area contributed by atoms with Gasteiger partial charge < -0.3 is 11.1 Å². The number of rotatable bonds is 3. The molecule has 0 bridgehead atoms. The molecule has 2 aromatic rings. The average Bonchev–Trinajstić information content (AvgIpc) is 2.64. The van der Waals surface area contributed by atoms with Gasteiger partial charge in [-0.1, -0.05) is 24.3 Å². The Morgan fingerprint density at radius 3 is 2.75 bits per heavy atom. The van der Waals surface area contributed by atoms with Crippen LogP contribution in [-0.2, 0) is 0 Å². The molecule has 3 N–H and O–H groups in total. The quantitative estimate of drug-likeness (QED) is 0.856. The van der Waals surface area contributed by atoms with Gasteiger partial charge in [0.2, 0.25) is 0 Å². The van der Waals surface area contributed by atoms with Gasteiger partial charge in [-0.2, -0.15) is 4.37 Å². The summed E-state index contributed by atoms with van der Waals surface area (Å²) in [5.41, 5.74) is 8.17. The van der Waals surface area contributed by atoms with Crippen molar-refractivity contribution >= 4 is 22.4 Å². The molecular weight excluding hydrogens is 218 g/mol. The summed E-state index contributed by atoms with van der Waals surface area (Å²) in [7, 11) is 0. The fourth-order valence-electron chi connectivity index (χ4n) is 1.72. The van der Waals surface area contributed by atoms with Crippen molar-refractivity contribution in [1.82, 2.24) is 4.37 Å². The minimum Gasteiger partial charge on any atom is -0.383 e. The molecule has 0 spiro atoms. The van der Waals surface area contributed by atoms with Crippen LogP contribution in [0, 0.1) is 6.92 Å². The SMILES string of the molecule is Cc1ccccc1C(C)Nc1cc(N)ns1. The van der Waals surface area contributed by atoms with Gasteiger partial charge in [0.1, 0.15) is 10.8 Å². The number of hydrogen-bond donors (Lipinski definition) is 2. The van der Waals surface area contributed by atoms with Crippen LogP contribution in [0.1, 0.15) is 24.1 Å². The summed E-state index contributed by atoms with van der Waals surface area (Å²) in [6.07, 6.45) is 0. The molecule has 0 fully saturated rings. The summed E-state index contributed by atoms with van der Waals surface area (Å²) >= 11 is 1.39. The third kappa shape index (κ3) is 2.33. The van der Waals surface area contributed by atoms with Crippen LogP contribution in [0.2, 0.25) is 0 Å². The topological polar surface area (TPSA) is 50.9 Å². The molecule has 84 valence electrons. The molecule has 0 aliphatic carbocycles. The highest BCUT2D eigenvalue weighted by molar-refractivity contribution is 7.10. The molecular formula is C12H15N3S. The van der Waals surface area contributed by atoms with Crippen LogP contribution in [0.25, 0.3) is 0 Å². The molecule has 16 heavy (non-hydrogen) atoms. The lowest BCUT2D eigenvalue weighted by Crippen LogP contribution is -2.06. The third-order valence-corrected chi connectivity index (χ3v) is 3.28. The van der Waals surface area contributed by atoms with E-state index in [-0.39, 0.29) is 6.04 Å². The number of nitrogen functional groups attached to an aromatic ring is 1. The maximum atomic E-state index is 5.58. The maximum absolute atomic E-state index is 5.58. The predicted octanol–water partition coefficient (Wildman–Crippen LogP) is 3.21. The van der Waals surface area contributed by atoms with Crippen molar-refractivity contribution < 1.29 is 0 Å². The Labute approximate surface area is 99.5 Å². The van der Waals surface area contributed by atoms with Gasteiger partial charge in [-0.3, -0.25) is 0 Å². The second-order valence-electron chi connectivity index (χ2n) is 3.84. The lowest BCUT2D eigenvalue weighted by atomic mass is 10.0. The van der Waals surface area contributed by atoms with Crippen LogP contribution in [0.3, 0.4) is 0 Å². The summed E-state index contributed by atoms with van der Waals surface area (Å²) in [4.78, 5) is 0. The number of aromatic nitrogens is 1. The summed E-state index contributed by atoms with van der Waals surface area (Å²) < 4.78 is 4.04. The molecule has 0 aliphatic rings. The van der Waals surface area contributed by atoms with E-state index in [1.165, 1.54) is 22.7 Å². The van der Waals surface area contributed by atoms with Crippen molar-refractivity contribution in [3.8, 4) is 0 Å². The van der Waals surface area contributed by atoms with Gasteiger partial charge in [-0.05, 0) is 36.5 Å². The highest BCUT2D eigenvalue weighted by atomic mass is 32.1. The first kappa shape index (κ1) is 11.0. The minimum atomic E-state index is 0.265. The van der Waals surface area contributed by atoms with Crippen LogP contribution >= 0.6 is 11.5 Å². The Balaban J connectivity index is 2.14. The molecule has 0 radical (unpaired) electrons. The smallest absolute Gasteiger partial charge is 0.139 e. The Bertz CT molecular complexity index is 479. The molecule has 0 aliphatic heterocycles. The van der Waals surface area contributed by atoms with Crippen molar-refractivity contribution in [2.45, 2.75) is 19.9 Å². The Morgan fingerprint density at radius 2 is 2.12 bits per heavy atom. The fourth-order valence-corrected chi connectivity index (χ4v) is 2.38. The van der Waals surface area contributed by atoms with Gasteiger partial charge in [0.25, 0.3) is 0 Å². The van der Waals surface area contributed by atoms with Crippen molar-refractivity contribution in [3.63, 3.8) is 0 Å². The van der Waals surface area contributed by atoms with Crippen LogP contribution in [0.4, 0.5) is 10.8 Å². The third-order valence-electron chi connectivity index (χ3n) is 2.54. The molecule has 2 rings (SSSR count). The first-order chi connectivity index (χ1) is 7.66. The summed E-state index contributed by atoms with van der Waals surface area (Å²) in [6.45, 7) is 4.26. The van der Waals surface area contributed by atoms with Crippen LogP contribution < -0.4 is 11.1 Å². The van der Waals surface area contributed by atoms with Crippen molar-refractivity contribution in [3.05, 3.63) is 41.5 Å². The van der Waals surface area contributed by atoms with E-state index in [4.69, 9.17) is 5.73 Å². The standard InChI is InChI=1S/C12H15N3S/c1-8-5-3-4-6-10(8)9(2)14-12-7-11(13)15-16-12/h3-7,9,14H,1-2H3,(H2,13,15). The van der Waals surface area contributed by atoms with Gasteiger partial charge in [-0.15, -0.1) is 0 Å². The first-order valence-electron chi connectivity index (χ1n) is 5.21. The monoisotopic (exact) mass is 233 g/mol. The lowest BCUT2D eigenvalue weighted by Gasteiger charge is -2.15. The minimum absolute atomic E-state index is 0.265. The summed E-state index contributed by atoms with van der Waals surface area (Å²) in [5, 5.41) is 4.40. The number of nitrogens with zero attached hydrogens (tertiary/aromatic N) is 1. The zero-order chi connectivity index (χ0) is 11.5. The van der Waals surface area contributed by atoms with E-state index in [9.17, 15) is 0 Å². The second-order valence-corrected chi connectivity index (χ2v) is 4.64. The molecule has 3 nitrogen and oxygen atoms in total. The highest BCUT2D eigenvalue weighted by Gasteiger charge is 2.08. The van der Waals surface area contributed by atoms with Crippen LogP contribution in [-0.4, -0.2) is 4.37 Å². The molecule has 0 amide bonds. The zero-order valence-corrected chi connectivity index (χ0v) is 10.2. The molecule has 4 heteroatoms. The summed E-state index contributed by atoms with van der Waals surface area (Å²) in [5.74, 6) is 0.574. The van der Waals surface area contributed by atoms with Crippen LogP contribution in [0.5, 0.6) is 0 Å². The Kier molecular flexibility index (Phi) is 3.10. The van der Waals surface area contributed by atoms with E-state index in [1.807, 2.05) is 6.07 Å². The number of benzene rings is 1. The van der Waals surface area contributed by atoms with Crippen LogP contribution in [0.15, 0.2) is 30.3 Å². The van der Waals surface area contributed by atoms with Gasteiger partial charge in [0.05, 0.1) is 0 Å². The number of hydrogen-bond acceptors (Lipinski definition) is 4. The zero-order valence-electron chi connectivity index (χ0n) is 9.40. The van der Waals surface area contributed by atoms with E-state index < -0.39 is 0 Å². The average molecular weight is 233 g/mol. The second kappa shape index (κ2) is 4.53. The number of nitrogens with one attached hydrogen (secondary N) is 1. The fraction of sp³-hybridized carbons (Fsp3) is 0.250.